The normalized spacial score (nSPS) is 12.3. The van der Waals surface area contributed by atoms with Crippen molar-refractivity contribution in [2.45, 2.75) is 12.5 Å². The van der Waals surface area contributed by atoms with Gasteiger partial charge in [0, 0.05) is 18.5 Å². The van der Waals surface area contributed by atoms with Crippen LogP contribution in [-0.2, 0) is 11.3 Å². The van der Waals surface area contributed by atoms with Crippen LogP contribution in [0.1, 0.15) is 17.2 Å². The van der Waals surface area contributed by atoms with Gasteiger partial charge in [0.25, 0.3) is 0 Å². The first-order valence-corrected chi connectivity index (χ1v) is 7.26. The molecule has 1 atom stereocenters. The SMILES string of the molecule is CN(Cc1cscn1)CC(C(=O)NN)c1ccccc1. The molecule has 2 aromatic rings. The predicted molar refractivity (Wildman–Crippen MR) is 80.0 cm³/mol. The fraction of sp³-hybridized carbons (Fsp3) is 0.286. The molecule has 0 bridgehead atoms. The Labute approximate surface area is 122 Å². The standard InChI is InChI=1S/C14H18N4OS/c1-18(7-12-9-20-10-16-12)8-13(14(19)17-15)11-5-3-2-4-6-11/h2-6,9-10,13H,7-8,15H2,1H3,(H,17,19). The summed E-state index contributed by atoms with van der Waals surface area (Å²) in [5, 5.41) is 2.01. The van der Waals surface area contributed by atoms with Gasteiger partial charge in [-0.25, -0.2) is 10.8 Å². The number of likely N-dealkylation sites (N-methyl/N-ethyl adjacent to an activating group) is 1. The minimum Gasteiger partial charge on any atom is -0.299 e. The van der Waals surface area contributed by atoms with E-state index in [1.165, 1.54) is 0 Å². The Morgan fingerprint density at radius 3 is 2.80 bits per heavy atom. The number of carbonyl (C=O) groups excluding carboxylic acids is 1. The summed E-state index contributed by atoms with van der Waals surface area (Å²) in [5.74, 6) is 4.83. The van der Waals surface area contributed by atoms with E-state index in [4.69, 9.17) is 5.84 Å². The second kappa shape index (κ2) is 7.14. The Kier molecular flexibility index (Phi) is 5.23. The van der Waals surface area contributed by atoms with E-state index in [1.54, 1.807) is 11.3 Å². The molecule has 1 aromatic heterocycles. The lowest BCUT2D eigenvalue weighted by molar-refractivity contribution is -0.123. The molecule has 2 rings (SSSR count). The third kappa shape index (κ3) is 3.86. The van der Waals surface area contributed by atoms with E-state index in [-0.39, 0.29) is 11.8 Å². The van der Waals surface area contributed by atoms with Gasteiger partial charge in [0.15, 0.2) is 0 Å². The topological polar surface area (TPSA) is 71.2 Å². The highest BCUT2D eigenvalue weighted by Gasteiger charge is 2.21. The number of hydrazine groups is 1. The number of hydrogen-bond donors (Lipinski definition) is 2. The molecule has 0 aliphatic heterocycles. The molecule has 5 nitrogen and oxygen atoms in total. The van der Waals surface area contributed by atoms with Crippen LogP contribution in [0.5, 0.6) is 0 Å². The van der Waals surface area contributed by atoms with Crippen molar-refractivity contribution in [2.24, 2.45) is 5.84 Å². The Bertz CT molecular complexity index is 529. The van der Waals surface area contributed by atoms with Crippen LogP contribution in [0.3, 0.4) is 0 Å². The maximum atomic E-state index is 12.0. The summed E-state index contributed by atoms with van der Waals surface area (Å²) in [6, 6.07) is 9.66. The van der Waals surface area contributed by atoms with Gasteiger partial charge >= 0.3 is 0 Å². The van der Waals surface area contributed by atoms with Gasteiger partial charge in [0.05, 0.1) is 17.1 Å². The molecule has 0 saturated heterocycles. The zero-order valence-electron chi connectivity index (χ0n) is 11.3. The first-order chi connectivity index (χ1) is 9.70. The molecule has 0 fully saturated rings. The van der Waals surface area contributed by atoms with Crippen molar-refractivity contribution < 1.29 is 4.79 Å². The van der Waals surface area contributed by atoms with Gasteiger partial charge in [-0.3, -0.25) is 15.1 Å². The van der Waals surface area contributed by atoms with Gasteiger partial charge in [0.1, 0.15) is 0 Å². The summed E-state index contributed by atoms with van der Waals surface area (Å²) in [6.07, 6.45) is 0. The third-order valence-corrected chi connectivity index (χ3v) is 3.71. The Morgan fingerprint density at radius 1 is 1.45 bits per heavy atom. The number of aromatic nitrogens is 1. The van der Waals surface area contributed by atoms with Gasteiger partial charge in [0.2, 0.25) is 5.91 Å². The van der Waals surface area contributed by atoms with E-state index in [1.807, 2.05) is 48.3 Å². The number of thiazole rings is 1. The molecule has 0 spiro atoms. The van der Waals surface area contributed by atoms with Gasteiger partial charge in [-0.2, -0.15) is 0 Å². The maximum absolute atomic E-state index is 12.0. The number of rotatable bonds is 6. The summed E-state index contributed by atoms with van der Waals surface area (Å²) in [6.45, 7) is 1.30. The van der Waals surface area contributed by atoms with Gasteiger partial charge in [-0.05, 0) is 12.6 Å². The average molecular weight is 290 g/mol. The molecule has 1 amide bonds. The fourth-order valence-corrected chi connectivity index (χ4v) is 2.64. The van der Waals surface area contributed by atoms with Crippen molar-refractivity contribution in [3.63, 3.8) is 0 Å². The first kappa shape index (κ1) is 14.6. The summed E-state index contributed by atoms with van der Waals surface area (Å²) in [5.41, 5.74) is 6.03. The fourth-order valence-electron chi connectivity index (χ4n) is 2.09. The zero-order valence-corrected chi connectivity index (χ0v) is 12.1. The molecule has 0 radical (unpaired) electrons. The maximum Gasteiger partial charge on any atom is 0.242 e. The molecule has 0 saturated carbocycles. The minimum absolute atomic E-state index is 0.179. The van der Waals surface area contributed by atoms with Crippen molar-refractivity contribution in [1.29, 1.82) is 0 Å². The lowest BCUT2D eigenvalue weighted by Gasteiger charge is -2.22. The Balaban J connectivity index is 2.06. The number of nitrogens with zero attached hydrogens (tertiary/aromatic N) is 2. The summed E-state index contributed by atoms with van der Waals surface area (Å²) in [4.78, 5) is 18.3. The van der Waals surface area contributed by atoms with Crippen LogP contribution < -0.4 is 11.3 Å². The van der Waals surface area contributed by atoms with Crippen molar-refractivity contribution >= 4 is 17.2 Å². The molecule has 106 valence electrons. The molecular weight excluding hydrogens is 272 g/mol. The van der Waals surface area contributed by atoms with E-state index in [0.29, 0.717) is 13.1 Å². The average Bonchev–Trinajstić information content (AvgIpc) is 2.97. The Morgan fingerprint density at radius 2 is 2.20 bits per heavy atom. The lowest BCUT2D eigenvalue weighted by Crippen LogP contribution is -2.39. The van der Waals surface area contributed by atoms with Crippen LogP contribution in [-0.4, -0.2) is 29.4 Å². The number of carbonyl (C=O) groups is 1. The molecule has 1 aromatic carbocycles. The zero-order chi connectivity index (χ0) is 14.4. The van der Waals surface area contributed by atoms with Crippen LogP contribution in [0.25, 0.3) is 0 Å². The van der Waals surface area contributed by atoms with Crippen molar-refractivity contribution in [1.82, 2.24) is 15.3 Å². The van der Waals surface area contributed by atoms with Gasteiger partial charge in [-0.15, -0.1) is 11.3 Å². The predicted octanol–water partition coefficient (Wildman–Crippen LogP) is 1.35. The second-order valence-electron chi connectivity index (χ2n) is 4.65. The molecule has 20 heavy (non-hydrogen) atoms. The molecular formula is C14H18N4OS. The van der Waals surface area contributed by atoms with Crippen LogP contribution in [0.2, 0.25) is 0 Å². The van der Waals surface area contributed by atoms with Crippen molar-refractivity contribution in [2.75, 3.05) is 13.6 Å². The van der Waals surface area contributed by atoms with Crippen LogP contribution >= 0.6 is 11.3 Å². The van der Waals surface area contributed by atoms with Gasteiger partial charge < -0.3 is 0 Å². The van der Waals surface area contributed by atoms with Crippen molar-refractivity contribution in [3.8, 4) is 0 Å². The molecule has 1 heterocycles. The summed E-state index contributed by atoms with van der Waals surface area (Å²) in [7, 11) is 1.97. The van der Waals surface area contributed by atoms with E-state index < -0.39 is 0 Å². The van der Waals surface area contributed by atoms with Crippen molar-refractivity contribution in [3.05, 3.63) is 52.5 Å². The number of nitrogens with one attached hydrogen (secondary N) is 1. The van der Waals surface area contributed by atoms with E-state index in [2.05, 4.69) is 15.3 Å². The highest BCUT2D eigenvalue weighted by Crippen LogP contribution is 2.17. The lowest BCUT2D eigenvalue weighted by atomic mass is 9.98. The van der Waals surface area contributed by atoms with Crippen LogP contribution in [0, 0.1) is 0 Å². The largest absolute Gasteiger partial charge is 0.299 e. The van der Waals surface area contributed by atoms with Crippen LogP contribution in [0.15, 0.2) is 41.2 Å². The highest BCUT2D eigenvalue weighted by molar-refractivity contribution is 7.07. The number of hydrogen-bond acceptors (Lipinski definition) is 5. The van der Waals surface area contributed by atoms with Crippen LogP contribution in [0.4, 0.5) is 0 Å². The second-order valence-corrected chi connectivity index (χ2v) is 5.37. The first-order valence-electron chi connectivity index (χ1n) is 6.31. The monoisotopic (exact) mass is 290 g/mol. The highest BCUT2D eigenvalue weighted by atomic mass is 32.1. The Hall–Kier alpha value is -1.76. The van der Waals surface area contributed by atoms with E-state index in [0.717, 1.165) is 11.3 Å². The van der Waals surface area contributed by atoms with E-state index in [9.17, 15) is 4.79 Å². The number of benzene rings is 1. The smallest absolute Gasteiger partial charge is 0.242 e. The molecule has 6 heteroatoms. The molecule has 0 aliphatic carbocycles. The van der Waals surface area contributed by atoms with Gasteiger partial charge in [-0.1, -0.05) is 30.3 Å². The minimum atomic E-state index is -0.287. The number of amides is 1. The quantitative estimate of drug-likeness (QED) is 0.478. The summed E-state index contributed by atoms with van der Waals surface area (Å²) >= 11 is 1.57. The molecule has 1 unspecified atom stereocenters. The third-order valence-electron chi connectivity index (χ3n) is 3.07. The summed E-state index contributed by atoms with van der Waals surface area (Å²) < 4.78 is 0. The number of nitrogens with two attached hydrogens (primary N) is 1. The van der Waals surface area contributed by atoms with E-state index >= 15 is 0 Å². The molecule has 3 N–H and O–H groups in total. The molecule has 0 aliphatic rings.